The quantitative estimate of drug-likeness (QED) is 0.780. The van der Waals surface area contributed by atoms with Gasteiger partial charge in [-0.25, -0.2) is 0 Å². The van der Waals surface area contributed by atoms with Crippen LogP contribution in [0.15, 0.2) is 0 Å². The molecule has 1 unspecified atom stereocenters. The van der Waals surface area contributed by atoms with Crippen LogP contribution < -0.4 is 5.73 Å². The molecule has 0 heterocycles. The molecule has 0 rings (SSSR count). The van der Waals surface area contributed by atoms with Crippen LogP contribution >= 0.6 is 0 Å². The molecule has 0 aliphatic heterocycles. The highest BCUT2D eigenvalue weighted by atomic mass is 16.1. The van der Waals surface area contributed by atoms with Crippen LogP contribution in [-0.2, 0) is 9.59 Å². The number of hydrogen-bond donors (Lipinski definition) is 1. The molecular weight excluding hydrogens is 190 g/mol. The fourth-order valence-corrected chi connectivity index (χ4v) is 1.52. The van der Waals surface area contributed by atoms with E-state index in [0.29, 0.717) is 0 Å². The van der Waals surface area contributed by atoms with E-state index in [4.69, 9.17) is 5.73 Å². The van der Waals surface area contributed by atoms with Crippen molar-refractivity contribution in [3.63, 3.8) is 0 Å². The Bertz CT molecular complexity index is 256. The summed E-state index contributed by atoms with van der Waals surface area (Å²) in [6.45, 7) is 11.5. The number of ketones is 1. The molecule has 0 aromatic carbocycles. The van der Waals surface area contributed by atoms with E-state index in [-0.39, 0.29) is 23.5 Å². The first kappa shape index (κ1) is 14.1. The van der Waals surface area contributed by atoms with Gasteiger partial charge in [-0.3, -0.25) is 9.59 Å². The Balaban J connectivity index is 4.97. The number of hydrogen-bond acceptors (Lipinski definition) is 2. The van der Waals surface area contributed by atoms with Gasteiger partial charge in [0.1, 0.15) is 5.78 Å². The second kappa shape index (κ2) is 4.33. The fraction of sp³-hybridized carbons (Fsp3) is 0.833. The van der Waals surface area contributed by atoms with Crippen molar-refractivity contribution in [2.24, 2.45) is 22.5 Å². The molecule has 88 valence electrons. The molecule has 2 N–H and O–H groups in total. The van der Waals surface area contributed by atoms with E-state index in [2.05, 4.69) is 0 Å². The minimum absolute atomic E-state index is 0.105. The summed E-state index contributed by atoms with van der Waals surface area (Å²) in [5, 5.41) is 0. The monoisotopic (exact) mass is 213 g/mol. The van der Waals surface area contributed by atoms with Crippen LogP contribution in [-0.4, -0.2) is 11.7 Å². The predicted octanol–water partition coefficient (Wildman–Crippen LogP) is 2.14. The Kier molecular flexibility index (Phi) is 4.08. The topological polar surface area (TPSA) is 60.2 Å². The van der Waals surface area contributed by atoms with Gasteiger partial charge < -0.3 is 5.73 Å². The number of carbonyl (C=O) groups is 2. The molecule has 0 aromatic rings. The fourth-order valence-electron chi connectivity index (χ4n) is 1.52. The number of primary amides is 1. The van der Waals surface area contributed by atoms with E-state index in [9.17, 15) is 9.59 Å². The first-order valence-electron chi connectivity index (χ1n) is 5.29. The Morgan fingerprint density at radius 1 is 1.07 bits per heavy atom. The molecule has 0 saturated carbocycles. The van der Waals surface area contributed by atoms with Crippen LogP contribution in [0.25, 0.3) is 0 Å². The summed E-state index contributed by atoms with van der Waals surface area (Å²) in [5.41, 5.74) is 4.53. The molecular formula is C12H23NO2. The van der Waals surface area contributed by atoms with Crippen molar-refractivity contribution in [2.75, 3.05) is 0 Å². The largest absolute Gasteiger partial charge is 0.370 e. The number of rotatable bonds is 3. The van der Waals surface area contributed by atoms with E-state index < -0.39 is 11.3 Å². The first-order valence-corrected chi connectivity index (χ1v) is 5.29. The molecule has 0 aliphatic rings. The molecule has 0 radical (unpaired) electrons. The van der Waals surface area contributed by atoms with Crippen LogP contribution in [0.2, 0.25) is 0 Å². The summed E-state index contributed by atoms with van der Waals surface area (Å²) in [5.74, 6) is -0.601. The van der Waals surface area contributed by atoms with Crippen molar-refractivity contribution in [1.82, 2.24) is 0 Å². The lowest BCUT2D eigenvalue weighted by molar-refractivity contribution is -0.137. The van der Waals surface area contributed by atoms with Gasteiger partial charge in [0.2, 0.25) is 5.91 Å². The highest BCUT2D eigenvalue weighted by molar-refractivity contribution is 5.90. The molecule has 0 saturated heterocycles. The van der Waals surface area contributed by atoms with Gasteiger partial charge >= 0.3 is 0 Å². The van der Waals surface area contributed by atoms with Gasteiger partial charge in [-0.05, 0) is 5.41 Å². The lowest BCUT2D eigenvalue weighted by Gasteiger charge is -2.33. The summed E-state index contributed by atoms with van der Waals surface area (Å²) in [4.78, 5) is 23.1. The van der Waals surface area contributed by atoms with Crippen molar-refractivity contribution in [2.45, 2.75) is 48.0 Å². The highest BCUT2D eigenvalue weighted by Crippen LogP contribution is 2.34. The van der Waals surface area contributed by atoms with Crippen molar-refractivity contribution in [3.05, 3.63) is 0 Å². The standard InChI is InChI=1S/C12H23NO2/c1-11(2,3)8(7-9(13)14)10(15)12(4,5)6/h8H,7H2,1-6H3,(H2,13,14). The summed E-state index contributed by atoms with van der Waals surface area (Å²) >= 11 is 0. The zero-order valence-electron chi connectivity index (χ0n) is 10.7. The average Bonchev–Trinajstić information content (AvgIpc) is 1.94. The normalized spacial score (nSPS) is 14.8. The van der Waals surface area contributed by atoms with Crippen LogP contribution in [0.3, 0.4) is 0 Å². The van der Waals surface area contributed by atoms with Gasteiger partial charge in [0.15, 0.2) is 0 Å². The highest BCUT2D eigenvalue weighted by Gasteiger charge is 2.37. The summed E-state index contributed by atoms with van der Waals surface area (Å²) in [7, 11) is 0. The Morgan fingerprint density at radius 2 is 1.47 bits per heavy atom. The van der Waals surface area contributed by atoms with E-state index in [1.165, 1.54) is 0 Å². The van der Waals surface area contributed by atoms with E-state index in [1.54, 1.807) is 0 Å². The molecule has 0 fully saturated rings. The van der Waals surface area contributed by atoms with Crippen LogP contribution in [0, 0.1) is 16.7 Å². The number of amides is 1. The lowest BCUT2D eigenvalue weighted by Crippen LogP contribution is -2.38. The number of nitrogens with two attached hydrogens (primary N) is 1. The second-order valence-electron chi connectivity index (χ2n) is 6.20. The molecule has 3 heteroatoms. The van der Waals surface area contributed by atoms with Gasteiger partial charge in [0.25, 0.3) is 0 Å². The second-order valence-corrected chi connectivity index (χ2v) is 6.20. The van der Waals surface area contributed by atoms with Gasteiger partial charge in [-0.2, -0.15) is 0 Å². The maximum Gasteiger partial charge on any atom is 0.218 e. The molecule has 1 amide bonds. The maximum atomic E-state index is 12.1. The summed E-state index contributed by atoms with van der Waals surface area (Å²) in [6, 6.07) is 0. The van der Waals surface area contributed by atoms with Gasteiger partial charge in [0.05, 0.1) is 0 Å². The molecule has 15 heavy (non-hydrogen) atoms. The molecule has 0 spiro atoms. The third-order valence-electron chi connectivity index (χ3n) is 2.51. The minimum atomic E-state index is -0.423. The zero-order chi connectivity index (χ0) is 12.4. The average molecular weight is 213 g/mol. The Labute approximate surface area is 92.4 Å². The number of carbonyl (C=O) groups excluding carboxylic acids is 2. The summed E-state index contributed by atoms with van der Waals surface area (Å²) < 4.78 is 0. The van der Waals surface area contributed by atoms with E-state index >= 15 is 0 Å². The van der Waals surface area contributed by atoms with Gasteiger partial charge in [0, 0.05) is 17.8 Å². The van der Waals surface area contributed by atoms with Gasteiger partial charge in [-0.15, -0.1) is 0 Å². The molecule has 0 aliphatic carbocycles. The van der Waals surface area contributed by atoms with Crippen molar-refractivity contribution in [1.29, 1.82) is 0 Å². The van der Waals surface area contributed by atoms with Gasteiger partial charge in [-0.1, -0.05) is 41.5 Å². The third-order valence-corrected chi connectivity index (χ3v) is 2.51. The molecule has 1 atom stereocenters. The SMILES string of the molecule is CC(C)(C)C(=O)C(CC(N)=O)C(C)(C)C. The van der Waals surface area contributed by atoms with Crippen LogP contribution in [0.5, 0.6) is 0 Å². The Hall–Kier alpha value is -0.860. The van der Waals surface area contributed by atoms with E-state index in [0.717, 1.165) is 0 Å². The van der Waals surface area contributed by atoms with Crippen molar-refractivity contribution < 1.29 is 9.59 Å². The molecule has 0 aromatic heterocycles. The first-order chi connectivity index (χ1) is 6.46. The van der Waals surface area contributed by atoms with Crippen LogP contribution in [0.1, 0.15) is 48.0 Å². The Morgan fingerprint density at radius 3 is 1.67 bits per heavy atom. The maximum absolute atomic E-state index is 12.1. The van der Waals surface area contributed by atoms with Crippen molar-refractivity contribution in [3.8, 4) is 0 Å². The zero-order valence-corrected chi connectivity index (χ0v) is 10.7. The molecule has 3 nitrogen and oxygen atoms in total. The lowest BCUT2D eigenvalue weighted by atomic mass is 9.69. The van der Waals surface area contributed by atoms with Crippen molar-refractivity contribution >= 4 is 11.7 Å². The summed E-state index contributed by atoms with van der Waals surface area (Å²) in [6.07, 6.45) is 0.138. The minimum Gasteiger partial charge on any atom is -0.370 e. The van der Waals surface area contributed by atoms with Crippen LogP contribution in [0.4, 0.5) is 0 Å². The van der Waals surface area contributed by atoms with E-state index in [1.807, 2.05) is 41.5 Å². The third kappa shape index (κ3) is 4.45. The number of Topliss-reactive ketones (excluding diaryl/α,β-unsaturated/α-hetero) is 1. The molecule has 0 bridgehead atoms. The smallest absolute Gasteiger partial charge is 0.218 e. The predicted molar refractivity (Wildman–Crippen MR) is 61.2 cm³/mol.